The molecule has 1 spiro atoms. The van der Waals surface area contributed by atoms with E-state index in [1.54, 1.807) is 6.08 Å². The number of hydrogen-bond acceptors (Lipinski definition) is 2. The molecule has 4 atom stereocenters. The summed E-state index contributed by atoms with van der Waals surface area (Å²) in [5.74, 6) is 0.972. The highest BCUT2D eigenvalue weighted by Crippen LogP contribution is 2.72. The average Bonchev–Trinajstić information content (AvgIpc) is 2.77. The molecule has 0 amide bonds. The van der Waals surface area contributed by atoms with Gasteiger partial charge in [-0.1, -0.05) is 26.8 Å². The maximum atomic E-state index is 12.7. The zero-order valence-corrected chi connectivity index (χ0v) is 11.0. The Hall–Kier alpha value is -0.920. The number of carbonyl (C=O) groups is 2. The Morgan fingerprint density at radius 1 is 1.18 bits per heavy atom. The second-order valence-electron chi connectivity index (χ2n) is 6.84. The van der Waals surface area contributed by atoms with Crippen LogP contribution < -0.4 is 0 Å². The molecule has 3 aliphatic carbocycles. The lowest BCUT2D eigenvalue weighted by Crippen LogP contribution is -2.44. The van der Waals surface area contributed by atoms with Crippen LogP contribution in [-0.4, -0.2) is 11.6 Å². The fourth-order valence-electron chi connectivity index (χ4n) is 5.19. The lowest BCUT2D eigenvalue weighted by atomic mass is 9.61. The van der Waals surface area contributed by atoms with Crippen molar-refractivity contribution in [1.82, 2.24) is 0 Å². The molecule has 2 heteroatoms. The molecule has 17 heavy (non-hydrogen) atoms. The van der Waals surface area contributed by atoms with Crippen molar-refractivity contribution >= 4 is 11.6 Å². The van der Waals surface area contributed by atoms with E-state index in [4.69, 9.17) is 0 Å². The summed E-state index contributed by atoms with van der Waals surface area (Å²) >= 11 is 0. The van der Waals surface area contributed by atoms with Crippen LogP contribution in [0.1, 0.15) is 40.5 Å². The number of Topliss-reactive ketones (excluding diaryl/α,β-unsaturated/α-hetero) is 1. The Labute approximate surface area is 102 Å². The lowest BCUT2D eigenvalue weighted by Gasteiger charge is -2.38. The van der Waals surface area contributed by atoms with E-state index in [9.17, 15) is 9.59 Å². The summed E-state index contributed by atoms with van der Waals surface area (Å²) in [6.07, 6.45) is 5.95. The number of hydrogen-bond donors (Lipinski definition) is 0. The largest absolute Gasteiger partial charge is 0.298 e. The second-order valence-corrected chi connectivity index (χ2v) is 6.84. The predicted molar refractivity (Wildman–Crippen MR) is 65.4 cm³/mol. The zero-order valence-electron chi connectivity index (χ0n) is 11.0. The smallest absolute Gasteiger partial charge is 0.169 e. The molecule has 0 unspecified atom stereocenters. The number of rotatable bonds is 0. The van der Waals surface area contributed by atoms with Crippen molar-refractivity contribution in [3.05, 3.63) is 12.2 Å². The fourth-order valence-corrected chi connectivity index (χ4v) is 5.19. The van der Waals surface area contributed by atoms with E-state index in [-0.39, 0.29) is 22.4 Å². The van der Waals surface area contributed by atoms with Crippen molar-refractivity contribution in [2.24, 2.45) is 28.1 Å². The molecule has 0 aromatic carbocycles. The Bertz CT molecular complexity index is 460. The monoisotopic (exact) mass is 232 g/mol. The predicted octanol–water partition coefficient (Wildman–Crippen LogP) is 2.77. The van der Waals surface area contributed by atoms with Gasteiger partial charge in [0.1, 0.15) is 0 Å². The molecule has 0 radical (unpaired) electrons. The number of allylic oxidation sites excluding steroid dienone is 2. The Morgan fingerprint density at radius 3 is 2.47 bits per heavy atom. The summed E-state index contributed by atoms with van der Waals surface area (Å²) in [4.78, 5) is 25.0. The molecular weight excluding hydrogens is 212 g/mol. The van der Waals surface area contributed by atoms with Gasteiger partial charge in [-0.3, -0.25) is 9.59 Å². The van der Waals surface area contributed by atoms with Crippen molar-refractivity contribution in [3.63, 3.8) is 0 Å². The molecule has 0 bridgehead atoms. The summed E-state index contributed by atoms with van der Waals surface area (Å²) < 4.78 is 0. The molecule has 0 N–H and O–H groups in total. The highest BCUT2D eigenvalue weighted by Gasteiger charge is 2.76. The van der Waals surface area contributed by atoms with Crippen LogP contribution in [0.4, 0.5) is 0 Å². The van der Waals surface area contributed by atoms with E-state index < -0.39 is 5.41 Å². The third-order valence-corrected chi connectivity index (χ3v) is 6.06. The van der Waals surface area contributed by atoms with E-state index in [1.807, 2.05) is 20.8 Å². The van der Waals surface area contributed by atoms with E-state index in [0.717, 1.165) is 12.8 Å². The maximum absolute atomic E-state index is 12.7. The van der Waals surface area contributed by atoms with Crippen molar-refractivity contribution in [1.29, 1.82) is 0 Å². The highest BCUT2D eigenvalue weighted by atomic mass is 16.2. The van der Waals surface area contributed by atoms with Crippen LogP contribution in [0.3, 0.4) is 0 Å². The molecule has 0 heterocycles. The topological polar surface area (TPSA) is 34.1 Å². The maximum Gasteiger partial charge on any atom is 0.169 e. The molecule has 0 saturated heterocycles. The molecule has 92 valence electrons. The summed E-state index contributed by atoms with van der Waals surface area (Å²) in [6.45, 7) is 8.16. The van der Waals surface area contributed by atoms with Gasteiger partial charge >= 0.3 is 0 Å². The number of carbonyl (C=O) groups excluding carboxylic acids is 2. The van der Waals surface area contributed by atoms with Crippen LogP contribution in [0.25, 0.3) is 0 Å². The molecule has 0 aromatic heterocycles. The van der Waals surface area contributed by atoms with E-state index in [1.165, 1.54) is 0 Å². The van der Waals surface area contributed by atoms with Gasteiger partial charge in [-0.25, -0.2) is 0 Å². The number of ketones is 2. The molecule has 2 nitrogen and oxygen atoms in total. The van der Waals surface area contributed by atoms with Gasteiger partial charge in [0.25, 0.3) is 0 Å². The Kier molecular flexibility index (Phi) is 1.80. The Morgan fingerprint density at radius 2 is 1.82 bits per heavy atom. The second kappa shape index (κ2) is 2.73. The summed E-state index contributed by atoms with van der Waals surface area (Å²) in [5.41, 5.74) is -1.32. The first-order chi connectivity index (χ1) is 7.79. The van der Waals surface area contributed by atoms with Crippen molar-refractivity contribution in [2.75, 3.05) is 0 Å². The minimum absolute atomic E-state index is 0.0341. The van der Waals surface area contributed by atoms with Crippen LogP contribution >= 0.6 is 0 Å². The third-order valence-electron chi connectivity index (χ3n) is 6.06. The van der Waals surface area contributed by atoms with Crippen LogP contribution in [0, 0.1) is 28.1 Å². The summed E-state index contributed by atoms with van der Waals surface area (Å²) in [5, 5.41) is 0. The average molecular weight is 232 g/mol. The van der Waals surface area contributed by atoms with Gasteiger partial charge in [0.2, 0.25) is 0 Å². The van der Waals surface area contributed by atoms with Gasteiger partial charge in [-0.15, -0.1) is 0 Å². The van der Waals surface area contributed by atoms with E-state index in [2.05, 4.69) is 13.0 Å². The van der Waals surface area contributed by atoms with E-state index in [0.29, 0.717) is 11.8 Å². The first-order valence-corrected chi connectivity index (χ1v) is 6.58. The zero-order chi connectivity index (χ0) is 12.6. The minimum atomic E-state index is -0.781. The molecule has 3 rings (SSSR count). The van der Waals surface area contributed by atoms with Crippen molar-refractivity contribution < 1.29 is 9.59 Å². The normalized spacial score (nSPS) is 50.8. The van der Waals surface area contributed by atoms with Crippen LogP contribution in [0.15, 0.2) is 12.2 Å². The lowest BCUT2D eigenvalue weighted by molar-refractivity contribution is -0.141. The van der Waals surface area contributed by atoms with Gasteiger partial charge in [0.05, 0.1) is 5.41 Å². The molecule has 2 fully saturated rings. The standard InChI is InChI=1S/C15H20O2/c1-9-5-6-10-13(2,3)12(17)14(4)11(16)7-8-15(9,10)14/h7-10H,5-6H2,1-4H3/t9-,10-,14+,15-/m1/s1. The molecule has 2 saturated carbocycles. The fraction of sp³-hybridized carbons (Fsp3) is 0.733. The van der Waals surface area contributed by atoms with Crippen molar-refractivity contribution in [2.45, 2.75) is 40.5 Å². The molecule has 0 aliphatic heterocycles. The first-order valence-electron chi connectivity index (χ1n) is 6.58. The molecule has 3 aliphatic rings. The third kappa shape index (κ3) is 0.850. The molecule has 0 aromatic rings. The van der Waals surface area contributed by atoms with Crippen LogP contribution in [0.2, 0.25) is 0 Å². The van der Waals surface area contributed by atoms with E-state index >= 15 is 0 Å². The first kappa shape index (κ1) is 11.2. The van der Waals surface area contributed by atoms with Gasteiger partial charge in [-0.05, 0) is 37.7 Å². The van der Waals surface area contributed by atoms with Crippen molar-refractivity contribution in [3.8, 4) is 0 Å². The Balaban J connectivity index is 2.31. The van der Waals surface area contributed by atoms with Gasteiger partial charge in [-0.2, -0.15) is 0 Å². The highest BCUT2D eigenvalue weighted by molar-refractivity contribution is 6.18. The minimum Gasteiger partial charge on any atom is -0.298 e. The molecular formula is C15H20O2. The summed E-state index contributed by atoms with van der Waals surface area (Å²) in [7, 11) is 0. The summed E-state index contributed by atoms with van der Waals surface area (Å²) in [6, 6.07) is 0. The SMILES string of the molecule is C[C@@H]1CC[C@@H]2C(C)(C)C(=O)[C@]3(C)C(=O)C=C[C@@]123. The van der Waals surface area contributed by atoms with Crippen LogP contribution in [-0.2, 0) is 9.59 Å². The van der Waals surface area contributed by atoms with Gasteiger partial charge in [0, 0.05) is 10.8 Å². The van der Waals surface area contributed by atoms with Crippen LogP contribution in [0.5, 0.6) is 0 Å². The quantitative estimate of drug-likeness (QED) is 0.602. The van der Waals surface area contributed by atoms with Gasteiger partial charge in [0.15, 0.2) is 11.6 Å². The van der Waals surface area contributed by atoms with Gasteiger partial charge < -0.3 is 0 Å².